The maximum absolute atomic E-state index is 5.45. The molecule has 4 rings (SSSR count). The lowest BCUT2D eigenvalue weighted by Gasteiger charge is -2.26. The van der Waals surface area contributed by atoms with Crippen molar-refractivity contribution in [2.24, 2.45) is 0 Å². The highest BCUT2D eigenvalue weighted by atomic mass is 16.5. The topological polar surface area (TPSA) is 75.3 Å². The molecular weight excluding hydrogens is 462 g/mol. The minimum Gasteiger partial charge on any atom is -0.385 e. The van der Waals surface area contributed by atoms with Crippen LogP contribution in [0, 0.1) is 0 Å². The van der Waals surface area contributed by atoms with Crippen LogP contribution < -0.4 is 5.32 Å². The lowest BCUT2D eigenvalue weighted by molar-refractivity contribution is 0.0378. The Morgan fingerprint density at radius 2 is 1.86 bits per heavy atom. The molecule has 1 fully saturated rings. The third-order valence-corrected chi connectivity index (χ3v) is 6.21. The van der Waals surface area contributed by atoms with Gasteiger partial charge in [0.25, 0.3) is 0 Å². The number of aromatic amines is 1. The van der Waals surface area contributed by atoms with Crippen LogP contribution in [0.2, 0.25) is 0 Å². The number of aromatic nitrogens is 3. The van der Waals surface area contributed by atoms with E-state index in [9.17, 15) is 0 Å². The van der Waals surface area contributed by atoms with Crippen LogP contribution in [-0.4, -0.2) is 73.0 Å². The molecule has 0 unspecified atom stereocenters. The highest BCUT2D eigenvalue weighted by Gasteiger charge is 2.16. The summed E-state index contributed by atoms with van der Waals surface area (Å²) in [5, 5.41) is 3.62. The summed E-state index contributed by atoms with van der Waals surface area (Å²) < 4.78 is 10.1. The summed E-state index contributed by atoms with van der Waals surface area (Å²) in [5.74, 6) is 1.33. The Bertz CT molecular complexity index is 1030. The molecule has 0 aliphatic carbocycles. The van der Waals surface area contributed by atoms with E-state index in [1.54, 1.807) is 7.11 Å². The van der Waals surface area contributed by atoms with Gasteiger partial charge in [-0.05, 0) is 61.6 Å². The van der Waals surface area contributed by atoms with Gasteiger partial charge >= 0.3 is 0 Å². The second kappa shape index (κ2) is 17.1. The second-order valence-electron chi connectivity index (χ2n) is 9.27. The maximum Gasteiger partial charge on any atom is 0.135 e. The largest absolute Gasteiger partial charge is 0.385 e. The zero-order chi connectivity index (χ0) is 27.0. The smallest absolute Gasteiger partial charge is 0.135 e. The van der Waals surface area contributed by atoms with Crippen molar-refractivity contribution in [3.8, 4) is 11.3 Å². The Morgan fingerprint density at radius 1 is 1.11 bits per heavy atom. The van der Waals surface area contributed by atoms with Crippen molar-refractivity contribution in [3.05, 3.63) is 41.7 Å². The fourth-order valence-corrected chi connectivity index (χ4v) is 4.18. The number of nitrogens with one attached hydrogen (secondary N) is 2. The van der Waals surface area contributed by atoms with Crippen molar-refractivity contribution in [2.75, 3.05) is 58.4 Å². The zero-order valence-corrected chi connectivity index (χ0v) is 24.2. The number of methoxy groups -OCH3 is 1. The Labute approximate surface area is 224 Å². The average Bonchev–Trinajstić information content (AvgIpc) is 3.40. The predicted molar refractivity (Wildman–Crippen MR) is 157 cm³/mol. The summed E-state index contributed by atoms with van der Waals surface area (Å²) in [6.45, 7) is 19.3. The number of aryl methyl sites for hydroxylation is 1. The van der Waals surface area contributed by atoms with Crippen LogP contribution in [0.4, 0.5) is 5.82 Å². The molecule has 0 spiro atoms. The van der Waals surface area contributed by atoms with Crippen LogP contribution in [0.25, 0.3) is 22.3 Å². The minimum atomic E-state index is 0.388. The molecule has 0 bridgehead atoms. The van der Waals surface area contributed by atoms with Crippen molar-refractivity contribution in [2.45, 2.75) is 66.7 Å². The first-order chi connectivity index (χ1) is 18.1. The molecule has 1 saturated heterocycles. The van der Waals surface area contributed by atoms with E-state index in [0.29, 0.717) is 5.92 Å². The highest BCUT2D eigenvalue weighted by molar-refractivity contribution is 5.83. The lowest BCUT2D eigenvalue weighted by Crippen LogP contribution is -2.37. The van der Waals surface area contributed by atoms with Crippen molar-refractivity contribution in [3.63, 3.8) is 0 Å². The monoisotopic (exact) mass is 511 g/mol. The Morgan fingerprint density at radius 3 is 2.49 bits per heavy atom. The van der Waals surface area contributed by atoms with Gasteiger partial charge in [-0.2, -0.15) is 0 Å². The number of nitrogens with zero attached hydrogens (tertiary/aromatic N) is 3. The number of pyridine rings is 2. The molecule has 1 aliphatic rings. The van der Waals surface area contributed by atoms with Crippen molar-refractivity contribution in [1.82, 2.24) is 19.9 Å². The highest BCUT2D eigenvalue weighted by Crippen LogP contribution is 2.32. The normalized spacial score (nSPS) is 13.6. The summed E-state index contributed by atoms with van der Waals surface area (Å²) in [5.41, 5.74) is 6.54. The van der Waals surface area contributed by atoms with E-state index in [1.165, 1.54) is 5.56 Å². The van der Waals surface area contributed by atoms with Crippen molar-refractivity contribution in [1.29, 1.82) is 0 Å². The Balaban J connectivity index is 0.000000617. The molecule has 37 heavy (non-hydrogen) atoms. The van der Waals surface area contributed by atoms with E-state index in [4.69, 9.17) is 19.4 Å². The van der Waals surface area contributed by atoms with Crippen LogP contribution in [0.1, 0.15) is 71.6 Å². The molecule has 0 aromatic carbocycles. The number of fused-ring (bicyclic) bond motifs is 1. The van der Waals surface area contributed by atoms with Gasteiger partial charge in [0.2, 0.25) is 0 Å². The van der Waals surface area contributed by atoms with Gasteiger partial charge < -0.3 is 19.8 Å². The first-order valence-electron chi connectivity index (χ1n) is 14.1. The number of morpholine rings is 1. The van der Waals surface area contributed by atoms with Crippen molar-refractivity contribution >= 4 is 16.9 Å². The first kappa shape index (κ1) is 30.7. The van der Waals surface area contributed by atoms with E-state index in [1.807, 2.05) is 26.1 Å². The number of ether oxygens (including phenoxy) is 2. The van der Waals surface area contributed by atoms with Crippen LogP contribution in [0.3, 0.4) is 0 Å². The lowest BCUT2D eigenvalue weighted by atomic mass is 10.0. The predicted octanol–water partition coefficient (Wildman–Crippen LogP) is 6.51. The molecule has 2 N–H and O–H groups in total. The molecule has 0 atom stereocenters. The van der Waals surface area contributed by atoms with Crippen molar-refractivity contribution < 1.29 is 9.47 Å². The molecular formula is C30H49N5O2. The van der Waals surface area contributed by atoms with Gasteiger partial charge in [-0.25, -0.2) is 9.97 Å². The van der Waals surface area contributed by atoms with Gasteiger partial charge in [-0.15, -0.1) is 0 Å². The SMILES string of the molecule is CC.CCCOC.CCc1cc2[nH]ccc2nc1-c1ccc(C(C)C)nc1NCCCN1CCOCC1. The molecule has 3 aromatic heterocycles. The molecule has 3 aromatic rings. The summed E-state index contributed by atoms with van der Waals surface area (Å²) in [6.07, 6.45) is 5.08. The number of H-pyrrole nitrogens is 1. The van der Waals surface area contributed by atoms with Gasteiger partial charge in [-0.1, -0.05) is 41.5 Å². The summed E-state index contributed by atoms with van der Waals surface area (Å²) >= 11 is 0. The third-order valence-electron chi connectivity index (χ3n) is 6.21. The van der Waals surface area contributed by atoms with Gasteiger partial charge in [0, 0.05) is 50.8 Å². The summed E-state index contributed by atoms with van der Waals surface area (Å²) in [7, 11) is 1.71. The van der Waals surface area contributed by atoms with Crippen LogP contribution in [0.15, 0.2) is 30.5 Å². The molecule has 206 valence electrons. The quantitative estimate of drug-likeness (QED) is 0.302. The van der Waals surface area contributed by atoms with Gasteiger partial charge in [0.1, 0.15) is 5.82 Å². The third kappa shape index (κ3) is 9.40. The first-order valence-corrected chi connectivity index (χ1v) is 14.1. The van der Waals surface area contributed by atoms with E-state index >= 15 is 0 Å². The molecule has 7 nitrogen and oxygen atoms in total. The number of hydrogen-bond donors (Lipinski definition) is 2. The molecule has 7 heteroatoms. The second-order valence-corrected chi connectivity index (χ2v) is 9.27. The Hall–Kier alpha value is -2.48. The summed E-state index contributed by atoms with van der Waals surface area (Å²) in [6, 6.07) is 8.58. The van der Waals surface area contributed by atoms with E-state index < -0.39 is 0 Å². The fourth-order valence-electron chi connectivity index (χ4n) is 4.18. The molecule has 0 amide bonds. The van der Waals surface area contributed by atoms with E-state index in [-0.39, 0.29) is 0 Å². The minimum absolute atomic E-state index is 0.388. The van der Waals surface area contributed by atoms with E-state index in [2.05, 4.69) is 61.1 Å². The van der Waals surface area contributed by atoms with Gasteiger partial charge in [-0.3, -0.25) is 4.90 Å². The van der Waals surface area contributed by atoms with Crippen LogP contribution >= 0.6 is 0 Å². The van der Waals surface area contributed by atoms with Gasteiger partial charge in [0.05, 0.1) is 29.9 Å². The molecule has 4 heterocycles. The van der Waals surface area contributed by atoms with E-state index in [0.717, 1.165) is 99.1 Å². The molecule has 1 aliphatic heterocycles. The number of anilines is 1. The number of hydrogen-bond acceptors (Lipinski definition) is 6. The summed E-state index contributed by atoms with van der Waals surface area (Å²) in [4.78, 5) is 15.7. The standard InChI is InChI=1S/C24H33N5O.C4H10O.C2H6/c1-4-18-16-22-21(8-10-25-22)27-23(18)19-6-7-20(17(2)3)28-24(19)26-9-5-11-29-12-14-30-15-13-29;1-3-4-5-2;1-2/h6-8,10,16-17,25H,4-5,9,11-15H2,1-3H3,(H,26,28);3-4H2,1-2H3;1-2H3. The van der Waals surface area contributed by atoms with Gasteiger partial charge in [0.15, 0.2) is 0 Å². The molecule has 0 radical (unpaired) electrons. The van der Waals surface area contributed by atoms with Crippen LogP contribution in [-0.2, 0) is 15.9 Å². The maximum atomic E-state index is 5.45. The number of rotatable bonds is 10. The zero-order valence-electron chi connectivity index (χ0n) is 24.2. The fraction of sp³-hybridized carbons (Fsp3) is 0.600. The molecule has 0 saturated carbocycles. The van der Waals surface area contributed by atoms with Crippen LogP contribution in [0.5, 0.6) is 0 Å². The Kier molecular flexibility index (Phi) is 14.2. The average molecular weight is 512 g/mol.